The van der Waals surface area contributed by atoms with Crippen LogP contribution in [0, 0.1) is 29.1 Å². The van der Waals surface area contributed by atoms with Crippen molar-refractivity contribution in [3.8, 4) is 0 Å². The smallest absolute Gasteiger partial charge is 0.407 e. The fraction of sp³-hybridized carbons (Fsp3) is 0.800. The molecule has 2 unspecified atom stereocenters. The van der Waals surface area contributed by atoms with Gasteiger partial charge in [-0.25, -0.2) is 9.59 Å². The molecule has 0 bridgehead atoms. The summed E-state index contributed by atoms with van der Waals surface area (Å²) in [4.78, 5) is 78.1. The van der Waals surface area contributed by atoms with Crippen molar-refractivity contribution in [2.24, 2.45) is 34.8 Å². The number of amides is 6. The zero-order valence-electron chi connectivity index (χ0n) is 26.4. The largest absolute Gasteiger partial charge is 0.447 e. The molecule has 2 aliphatic carbocycles. The quantitative estimate of drug-likeness (QED) is 0.185. The van der Waals surface area contributed by atoms with Crippen LogP contribution in [-0.2, 0) is 23.9 Å². The van der Waals surface area contributed by atoms with Gasteiger partial charge in [0.15, 0.2) is 0 Å². The highest BCUT2D eigenvalue weighted by molar-refractivity contribution is 6.37. The van der Waals surface area contributed by atoms with Crippen LogP contribution in [0.2, 0.25) is 0 Å². The average molecular weight is 607 g/mol. The number of hydrogen-bond donors (Lipinski definition) is 5. The van der Waals surface area contributed by atoms with E-state index in [9.17, 15) is 28.8 Å². The summed E-state index contributed by atoms with van der Waals surface area (Å²) in [5, 5.41) is 11.0. The van der Waals surface area contributed by atoms with Crippen LogP contribution < -0.4 is 27.0 Å². The van der Waals surface area contributed by atoms with Gasteiger partial charge in [-0.15, -0.1) is 0 Å². The summed E-state index contributed by atoms with van der Waals surface area (Å²) in [6.45, 7) is 12.0. The molecule has 1 heterocycles. The molecule has 242 valence electrons. The normalized spacial score (nSPS) is 22.3. The number of Topliss-reactive ketones (excluding diaryl/α,β-unsaturated/α-hetero) is 1. The van der Waals surface area contributed by atoms with Crippen LogP contribution in [0.15, 0.2) is 0 Å². The number of nitrogens with one attached hydrogen (secondary N) is 4. The van der Waals surface area contributed by atoms with Crippen LogP contribution in [0.4, 0.5) is 9.59 Å². The van der Waals surface area contributed by atoms with E-state index >= 15 is 0 Å². The number of rotatable bonds is 14. The molecule has 2 saturated carbocycles. The van der Waals surface area contributed by atoms with Crippen molar-refractivity contribution in [2.75, 3.05) is 19.7 Å². The average Bonchev–Trinajstić information content (AvgIpc) is 3.85. The Morgan fingerprint density at radius 2 is 1.58 bits per heavy atom. The van der Waals surface area contributed by atoms with Crippen LogP contribution in [0.3, 0.4) is 0 Å². The molecule has 0 aromatic heterocycles. The molecule has 5 atom stereocenters. The highest BCUT2D eigenvalue weighted by atomic mass is 16.5. The molecule has 0 aromatic carbocycles. The fourth-order valence-electron chi connectivity index (χ4n) is 5.22. The van der Waals surface area contributed by atoms with E-state index in [1.54, 1.807) is 0 Å². The second-order valence-electron chi connectivity index (χ2n) is 14.0. The second kappa shape index (κ2) is 14.4. The van der Waals surface area contributed by atoms with E-state index in [-0.39, 0.29) is 24.4 Å². The molecular weight excluding hydrogens is 556 g/mol. The minimum absolute atomic E-state index is 0.00333. The second-order valence-corrected chi connectivity index (χ2v) is 14.0. The summed E-state index contributed by atoms with van der Waals surface area (Å²) in [5.41, 5.74) is 4.51. The number of ether oxygens (including phenoxy) is 1. The highest BCUT2D eigenvalue weighted by Gasteiger charge is 2.45. The van der Waals surface area contributed by atoms with Gasteiger partial charge in [0.25, 0.3) is 5.91 Å². The van der Waals surface area contributed by atoms with Gasteiger partial charge in [0.2, 0.25) is 17.6 Å². The first-order valence-corrected chi connectivity index (χ1v) is 15.5. The van der Waals surface area contributed by atoms with E-state index in [2.05, 4.69) is 21.3 Å². The summed E-state index contributed by atoms with van der Waals surface area (Å²) in [6, 6.07) is -3.99. The Bertz CT molecular complexity index is 1070. The Morgan fingerprint density at radius 1 is 0.953 bits per heavy atom. The maximum Gasteiger partial charge on any atom is 0.407 e. The Balaban J connectivity index is 1.65. The van der Waals surface area contributed by atoms with Gasteiger partial charge >= 0.3 is 12.1 Å². The molecule has 6 amide bonds. The summed E-state index contributed by atoms with van der Waals surface area (Å²) in [7, 11) is 0. The maximum atomic E-state index is 14.0. The highest BCUT2D eigenvalue weighted by Crippen LogP contribution is 2.34. The number of nitrogens with zero attached hydrogens (tertiary/aromatic N) is 1. The minimum Gasteiger partial charge on any atom is -0.447 e. The minimum atomic E-state index is -1.11. The fourth-order valence-corrected chi connectivity index (χ4v) is 5.22. The topological polar surface area (TPSA) is 189 Å². The molecule has 3 rings (SSSR count). The molecule has 1 saturated heterocycles. The number of likely N-dealkylation sites (tertiary alicyclic amines) is 1. The molecular formula is C30H50N6O7. The number of primary amides is 1. The number of nitrogens with two attached hydrogens (primary N) is 1. The third-order valence-corrected chi connectivity index (χ3v) is 8.37. The molecule has 3 fully saturated rings. The summed E-state index contributed by atoms with van der Waals surface area (Å²) >= 11 is 0. The predicted molar refractivity (Wildman–Crippen MR) is 158 cm³/mol. The SMILES string of the molecule is CC(C)[C@@H](COC(=O)NCC1CC1)NC(=O)N[C@H](C(=O)N1C[C@H](C)CC1C(=O)NC(CC1CC1)C(=O)C(N)=O)C(C)(C)C. The van der Waals surface area contributed by atoms with Crippen molar-refractivity contribution in [2.45, 2.75) is 104 Å². The van der Waals surface area contributed by atoms with Gasteiger partial charge in [-0.3, -0.25) is 19.2 Å². The van der Waals surface area contributed by atoms with Crippen molar-refractivity contribution < 1.29 is 33.5 Å². The van der Waals surface area contributed by atoms with E-state index < -0.39 is 65.2 Å². The number of ketones is 1. The van der Waals surface area contributed by atoms with Crippen molar-refractivity contribution in [3.05, 3.63) is 0 Å². The Hall–Kier alpha value is -3.38. The van der Waals surface area contributed by atoms with Crippen LogP contribution >= 0.6 is 0 Å². The first kappa shape index (κ1) is 34.1. The molecule has 43 heavy (non-hydrogen) atoms. The Labute approximate surface area is 254 Å². The molecule has 3 aliphatic rings. The van der Waals surface area contributed by atoms with Gasteiger partial charge in [-0.2, -0.15) is 0 Å². The lowest BCUT2D eigenvalue weighted by Crippen LogP contribution is -2.61. The first-order chi connectivity index (χ1) is 20.1. The number of urea groups is 1. The monoisotopic (exact) mass is 606 g/mol. The standard InChI is InChI=1S/C30H50N6O7/c1-16(2)21(15-43-29(42)32-13-19-9-10-19)34-28(41)35-24(30(4,5)6)27(40)36-14-17(3)11-22(36)26(39)33-20(12-18-7-8-18)23(37)25(31)38/h16-22,24H,7-15H2,1-6H3,(H2,31,38)(H,32,42)(H,33,39)(H2,34,35,41)/t17-,20?,21-,22?,24-/m1/s1. The number of carbonyl (C=O) groups excluding carboxylic acids is 6. The van der Waals surface area contributed by atoms with E-state index in [1.165, 1.54) is 4.90 Å². The lowest BCUT2D eigenvalue weighted by molar-refractivity contribution is -0.143. The summed E-state index contributed by atoms with van der Waals surface area (Å²) < 4.78 is 5.32. The summed E-state index contributed by atoms with van der Waals surface area (Å²) in [5.74, 6) is -2.21. The third kappa shape index (κ3) is 10.4. The van der Waals surface area contributed by atoms with Crippen molar-refractivity contribution in [1.82, 2.24) is 26.2 Å². The Kier molecular flexibility index (Phi) is 11.4. The zero-order valence-corrected chi connectivity index (χ0v) is 26.4. The Morgan fingerprint density at radius 3 is 2.12 bits per heavy atom. The van der Waals surface area contributed by atoms with Gasteiger partial charge in [0.1, 0.15) is 18.7 Å². The molecule has 13 heteroatoms. The molecule has 1 aliphatic heterocycles. The third-order valence-electron chi connectivity index (χ3n) is 8.37. The molecule has 6 N–H and O–H groups in total. The molecule has 13 nitrogen and oxygen atoms in total. The molecule has 0 aromatic rings. The lowest BCUT2D eigenvalue weighted by Gasteiger charge is -2.36. The number of hydrogen-bond acceptors (Lipinski definition) is 7. The van der Waals surface area contributed by atoms with Gasteiger partial charge in [-0.1, -0.05) is 54.4 Å². The van der Waals surface area contributed by atoms with Crippen molar-refractivity contribution in [3.63, 3.8) is 0 Å². The van der Waals surface area contributed by atoms with E-state index in [0.29, 0.717) is 31.8 Å². The molecule has 0 spiro atoms. The number of carbonyl (C=O) groups is 6. The maximum absolute atomic E-state index is 14.0. The van der Waals surface area contributed by atoms with Crippen LogP contribution in [0.1, 0.15) is 80.1 Å². The summed E-state index contributed by atoms with van der Waals surface area (Å²) in [6.07, 6.45) is 4.20. The lowest BCUT2D eigenvalue weighted by atomic mass is 9.85. The van der Waals surface area contributed by atoms with Gasteiger partial charge in [0.05, 0.1) is 12.1 Å². The number of alkyl carbamates (subject to hydrolysis) is 1. The van der Waals surface area contributed by atoms with Crippen molar-refractivity contribution in [1.29, 1.82) is 0 Å². The van der Waals surface area contributed by atoms with E-state index in [1.807, 2.05) is 41.5 Å². The van der Waals surface area contributed by atoms with Crippen molar-refractivity contribution >= 4 is 35.6 Å². The van der Waals surface area contributed by atoms with Gasteiger partial charge in [0, 0.05) is 13.1 Å². The van der Waals surface area contributed by atoms with Gasteiger partial charge < -0.3 is 36.6 Å². The van der Waals surface area contributed by atoms with E-state index in [4.69, 9.17) is 10.5 Å². The zero-order chi connectivity index (χ0) is 32.1. The first-order valence-electron chi connectivity index (χ1n) is 15.5. The molecule has 0 radical (unpaired) electrons. The van der Waals surface area contributed by atoms with Crippen LogP contribution in [0.5, 0.6) is 0 Å². The van der Waals surface area contributed by atoms with Crippen LogP contribution in [0.25, 0.3) is 0 Å². The van der Waals surface area contributed by atoms with E-state index in [0.717, 1.165) is 25.7 Å². The van der Waals surface area contributed by atoms with Crippen LogP contribution in [-0.4, -0.2) is 84.4 Å². The van der Waals surface area contributed by atoms with Gasteiger partial charge in [-0.05, 0) is 54.8 Å². The predicted octanol–water partition coefficient (Wildman–Crippen LogP) is 1.44.